The molecule has 0 radical (unpaired) electrons. The first-order chi connectivity index (χ1) is 16.2. The minimum atomic E-state index is -0.926. The van der Waals surface area contributed by atoms with E-state index in [-0.39, 0.29) is 41.1 Å². The van der Waals surface area contributed by atoms with Crippen molar-refractivity contribution in [2.45, 2.75) is 26.5 Å². The molecule has 0 spiro atoms. The molecule has 34 heavy (non-hydrogen) atoms. The Morgan fingerprint density at radius 3 is 2.62 bits per heavy atom. The summed E-state index contributed by atoms with van der Waals surface area (Å²) in [7, 11) is 0. The molecule has 2 aromatic heterocycles. The van der Waals surface area contributed by atoms with E-state index >= 15 is 0 Å². The fourth-order valence-electron chi connectivity index (χ4n) is 3.16. The molecule has 176 valence electrons. The van der Waals surface area contributed by atoms with Crippen molar-refractivity contribution in [1.29, 1.82) is 0 Å². The molecule has 0 fully saturated rings. The van der Waals surface area contributed by atoms with E-state index < -0.39 is 17.7 Å². The third kappa shape index (κ3) is 4.99. The van der Waals surface area contributed by atoms with E-state index in [0.29, 0.717) is 16.8 Å². The zero-order valence-electron chi connectivity index (χ0n) is 18.1. The van der Waals surface area contributed by atoms with Crippen LogP contribution in [0.25, 0.3) is 5.78 Å². The summed E-state index contributed by atoms with van der Waals surface area (Å²) < 4.78 is 35.7. The van der Waals surface area contributed by atoms with Gasteiger partial charge in [0, 0.05) is 23.2 Å². The van der Waals surface area contributed by atoms with Crippen molar-refractivity contribution < 1.29 is 18.3 Å². The molecule has 2 aromatic carbocycles. The zero-order chi connectivity index (χ0) is 24.4. The molecule has 2 N–H and O–H groups in total. The van der Waals surface area contributed by atoms with Gasteiger partial charge in [-0.2, -0.15) is 9.50 Å². The number of aromatic nitrogens is 4. The molecule has 0 aliphatic carbocycles. The Bertz CT molecular complexity index is 1440. The lowest BCUT2D eigenvalue weighted by Gasteiger charge is -2.14. The van der Waals surface area contributed by atoms with Gasteiger partial charge in [-0.25, -0.2) is 18.6 Å². The van der Waals surface area contributed by atoms with Gasteiger partial charge in [-0.15, -0.1) is 0 Å². The van der Waals surface area contributed by atoms with E-state index in [1.165, 1.54) is 29.0 Å². The van der Waals surface area contributed by atoms with Crippen LogP contribution in [0, 0.1) is 11.6 Å². The van der Waals surface area contributed by atoms with Crippen LogP contribution in [0.1, 0.15) is 25.6 Å². The van der Waals surface area contributed by atoms with Crippen molar-refractivity contribution in [1.82, 2.24) is 19.2 Å². The van der Waals surface area contributed by atoms with Gasteiger partial charge >= 0.3 is 6.03 Å². The summed E-state index contributed by atoms with van der Waals surface area (Å²) in [6.45, 7) is 3.74. The van der Waals surface area contributed by atoms with Gasteiger partial charge in [0.2, 0.25) is 0 Å². The first kappa shape index (κ1) is 23.2. The molecular weight excluding hydrogens is 470 g/mol. The molecule has 2 heterocycles. The normalized spacial score (nSPS) is 11.1. The second-order valence-electron chi connectivity index (χ2n) is 7.55. The van der Waals surface area contributed by atoms with E-state index in [1.54, 1.807) is 10.7 Å². The SMILES string of the molecule is CC(C)n1cnc2nc(COc3ccc(Cl)cc3NC(=O)Nc3ccc(F)cc3F)cc(=O)n21. The first-order valence-electron chi connectivity index (χ1n) is 10.1. The summed E-state index contributed by atoms with van der Waals surface area (Å²) in [6.07, 6.45) is 1.53. The Morgan fingerprint density at radius 2 is 1.88 bits per heavy atom. The fourth-order valence-corrected chi connectivity index (χ4v) is 3.33. The number of nitrogens with zero attached hydrogens (tertiary/aromatic N) is 4. The van der Waals surface area contributed by atoms with Gasteiger partial charge in [-0.1, -0.05) is 11.6 Å². The van der Waals surface area contributed by atoms with Crippen molar-refractivity contribution in [3.63, 3.8) is 0 Å². The quantitative estimate of drug-likeness (QED) is 0.412. The van der Waals surface area contributed by atoms with Gasteiger partial charge in [-0.05, 0) is 44.2 Å². The third-order valence-corrected chi connectivity index (χ3v) is 4.96. The number of fused-ring (bicyclic) bond motifs is 1. The maximum absolute atomic E-state index is 13.8. The molecule has 0 bridgehead atoms. The van der Waals surface area contributed by atoms with Gasteiger partial charge in [-0.3, -0.25) is 9.48 Å². The number of rotatable bonds is 6. The summed E-state index contributed by atoms with van der Waals surface area (Å²) in [5.74, 6) is -1.23. The van der Waals surface area contributed by atoms with E-state index in [1.807, 2.05) is 13.8 Å². The number of anilines is 2. The van der Waals surface area contributed by atoms with Crippen LogP contribution in [0.15, 0.2) is 53.6 Å². The summed E-state index contributed by atoms with van der Waals surface area (Å²) in [4.78, 5) is 33.4. The summed E-state index contributed by atoms with van der Waals surface area (Å²) >= 11 is 6.04. The number of benzene rings is 2. The van der Waals surface area contributed by atoms with Crippen LogP contribution in [-0.4, -0.2) is 25.2 Å². The van der Waals surface area contributed by atoms with Gasteiger partial charge in [0.05, 0.1) is 17.1 Å². The topological polar surface area (TPSA) is 103 Å². The molecule has 0 saturated carbocycles. The molecule has 2 amide bonds. The largest absolute Gasteiger partial charge is 0.485 e. The highest BCUT2D eigenvalue weighted by Gasteiger charge is 2.14. The monoisotopic (exact) mass is 488 g/mol. The van der Waals surface area contributed by atoms with E-state index in [9.17, 15) is 18.4 Å². The first-order valence-corrected chi connectivity index (χ1v) is 10.5. The number of hydrogen-bond donors (Lipinski definition) is 2. The van der Waals surface area contributed by atoms with Crippen molar-refractivity contribution in [3.8, 4) is 5.75 Å². The number of halogens is 3. The zero-order valence-corrected chi connectivity index (χ0v) is 18.8. The lowest BCUT2D eigenvalue weighted by molar-refractivity contribution is 0.261. The maximum atomic E-state index is 13.8. The number of nitrogens with one attached hydrogen (secondary N) is 2. The lowest BCUT2D eigenvalue weighted by atomic mass is 10.3. The Morgan fingerprint density at radius 1 is 1.12 bits per heavy atom. The van der Waals surface area contributed by atoms with Crippen LogP contribution in [0.5, 0.6) is 5.75 Å². The highest BCUT2D eigenvalue weighted by atomic mass is 35.5. The highest BCUT2D eigenvalue weighted by Crippen LogP contribution is 2.29. The minimum Gasteiger partial charge on any atom is -0.485 e. The summed E-state index contributed by atoms with van der Waals surface area (Å²) in [5, 5.41) is 5.11. The Kier molecular flexibility index (Phi) is 6.46. The van der Waals surface area contributed by atoms with Crippen LogP contribution in [0.3, 0.4) is 0 Å². The number of ether oxygens (including phenoxy) is 1. The Balaban J connectivity index is 1.51. The molecule has 9 nitrogen and oxygen atoms in total. The smallest absolute Gasteiger partial charge is 0.323 e. The van der Waals surface area contributed by atoms with Gasteiger partial charge < -0.3 is 15.4 Å². The van der Waals surface area contributed by atoms with Crippen LogP contribution >= 0.6 is 11.6 Å². The van der Waals surface area contributed by atoms with Gasteiger partial charge in [0.1, 0.15) is 30.3 Å². The molecule has 4 aromatic rings. The molecule has 0 unspecified atom stereocenters. The Labute approximate surface area is 196 Å². The minimum absolute atomic E-state index is 0.0174. The second-order valence-corrected chi connectivity index (χ2v) is 7.98. The van der Waals surface area contributed by atoms with Crippen molar-refractivity contribution in [3.05, 3.63) is 81.5 Å². The average molecular weight is 489 g/mol. The molecular formula is C22H19ClF2N6O3. The van der Waals surface area contributed by atoms with E-state index in [2.05, 4.69) is 20.6 Å². The second kappa shape index (κ2) is 9.48. The number of carbonyl (C=O) groups is 1. The van der Waals surface area contributed by atoms with Gasteiger partial charge in [0.25, 0.3) is 11.3 Å². The fraction of sp³-hybridized carbons (Fsp3) is 0.182. The molecule has 0 aliphatic heterocycles. The van der Waals surface area contributed by atoms with Crippen LogP contribution in [0.4, 0.5) is 25.0 Å². The maximum Gasteiger partial charge on any atom is 0.323 e. The molecule has 0 saturated heterocycles. The number of amides is 2. The average Bonchev–Trinajstić information content (AvgIpc) is 3.20. The summed E-state index contributed by atoms with van der Waals surface area (Å²) in [6, 6.07) is 7.83. The van der Waals surface area contributed by atoms with E-state index in [4.69, 9.17) is 16.3 Å². The standard InChI is InChI=1S/C22H19ClF2N6O3/c1-12(2)30-11-26-21-27-15(9-20(32)31(21)30)10-34-19-6-3-13(23)7-18(19)29-22(33)28-17-5-4-14(24)8-16(17)25/h3-9,11-12H,10H2,1-2H3,(H2,28,29,33). The molecule has 12 heteroatoms. The Hall–Kier alpha value is -3.99. The number of hydrogen-bond acceptors (Lipinski definition) is 5. The van der Waals surface area contributed by atoms with Crippen molar-refractivity contribution in [2.75, 3.05) is 10.6 Å². The number of urea groups is 1. The van der Waals surface area contributed by atoms with E-state index in [0.717, 1.165) is 12.1 Å². The van der Waals surface area contributed by atoms with Crippen molar-refractivity contribution in [2.24, 2.45) is 0 Å². The predicted octanol–water partition coefficient (Wildman–Crippen LogP) is 4.63. The summed E-state index contributed by atoms with van der Waals surface area (Å²) in [5.41, 5.74) is -0.000637. The van der Waals surface area contributed by atoms with Gasteiger partial charge in [0.15, 0.2) is 0 Å². The highest BCUT2D eigenvalue weighted by molar-refractivity contribution is 6.31. The molecule has 4 rings (SSSR count). The molecule has 0 atom stereocenters. The van der Waals surface area contributed by atoms with Crippen LogP contribution in [0.2, 0.25) is 5.02 Å². The molecule has 0 aliphatic rings. The lowest BCUT2D eigenvalue weighted by Crippen LogP contribution is -2.23. The van der Waals surface area contributed by atoms with Crippen molar-refractivity contribution >= 4 is 34.8 Å². The van der Waals surface area contributed by atoms with Crippen LogP contribution < -0.4 is 20.9 Å². The predicted molar refractivity (Wildman–Crippen MR) is 122 cm³/mol. The third-order valence-electron chi connectivity index (χ3n) is 4.73. The van der Waals surface area contributed by atoms with Crippen LogP contribution in [-0.2, 0) is 6.61 Å². The number of carbonyl (C=O) groups excluding carboxylic acids is 1.